The highest BCUT2D eigenvalue weighted by Gasteiger charge is 2.30. The molecule has 1 N–H and O–H groups in total. The molecule has 10 heteroatoms. The summed E-state index contributed by atoms with van der Waals surface area (Å²) in [4.78, 5) is 29.0. The number of carbonyl (C=O) groups is 2. The van der Waals surface area contributed by atoms with Crippen molar-refractivity contribution in [1.82, 2.24) is 19.4 Å². The Labute approximate surface area is 197 Å². The number of hydrogen-bond acceptors (Lipinski definition) is 6. The molecule has 1 aromatic rings. The van der Waals surface area contributed by atoms with Crippen LogP contribution in [0.1, 0.15) is 49.4 Å². The van der Waals surface area contributed by atoms with E-state index in [1.807, 2.05) is 11.8 Å². The van der Waals surface area contributed by atoms with Gasteiger partial charge in [0.2, 0.25) is 15.9 Å². The van der Waals surface area contributed by atoms with Crippen LogP contribution >= 0.6 is 0 Å². The van der Waals surface area contributed by atoms with Gasteiger partial charge in [-0.1, -0.05) is 12.8 Å². The van der Waals surface area contributed by atoms with Gasteiger partial charge in [-0.3, -0.25) is 14.5 Å². The van der Waals surface area contributed by atoms with Gasteiger partial charge < -0.3 is 15.0 Å². The minimum atomic E-state index is -3.76. The number of nitrogens with zero attached hydrogens (tertiary/aromatic N) is 3. The van der Waals surface area contributed by atoms with Gasteiger partial charge in [-0.2, -0.15) is 4.31 Å². The Morgan fingerprint density at radius 1 is 0.970 bits per heavy atom. The Bertz CT molecular complexity index is 929. The number of amides is 2. The summed E-state index contributed by atoms with van der Waals surface area (Å²) in [5.74, 6) is 0.0281. The Morgan fingerprint density at radius 2 is 1.70 bits per heavy atom. The molecule has 0 bridgehead atoms. The summed E-state index contributed by atoms with van der Waals surface area (Å²) >= 11 is 0. The number of nitrogens with one attached hydrogen (secondary N) is 1. The van der Waals surface area contributed by atoms with E-state index in [9.17, 15) is 18.0 Å². The summed E-state index contributed by atoms with van der Waals surface area (Å²) < 4.78 is 33.7. The van der Waals surface area contributed by atoms with E-state index in [0.29, 0.717) is 51.4 Å². The molecule has 0 radical (unpaired) electrons. The molecular weight excluding hydrogens is 444 g/mol. The molecule has 33 heavy (non-hydrogen) atoms. The number of benzene rings is 1. The van der Waals surface area contributed by atoms with E-state index in [1.165, 1.54) is 17.5 Å². The van der Waals surface area contributed by atoms with E-state index in [-0.39, 0.29) is 22.5 Å². The zero-order chi connectivity index (χ0) is 23.8. The molecule has 2 aliphatic rings. The summed E-state index contributed by atoms with van der Waals surface area (Å²) in [5.41, 5.74) is 0.335. The summed E-state index contributed by atoms with van der Waals surface area (Å²) in [7, 11) is -2.32. The molecule has 0 saturated carbocycles. The van der Waals surface area contributed by atoms with Gasteiger partial charge in [0.05, 0.1) is 13.7 Å². The molecule has 0 aromatic heterocycles. The first kappa shape index (κ1) is 25.5. The number of rotatable bonds is 7. The molecule has 0 aliphatic carbocycles. The Balaban J connectivity index is 1.76. The van der Waals surface area contributed by atoms with Gasteiger partial charge in [-0.25, -0.2) is 8.42 Å². The van der Waals surface area contributed by atoms with Crippen LogP contribution in [0.3, 0.4) is 0 Å². The number of ether oxygens (including phenoxy) is 1. The zero-order valence-corrected chi connectivity index (χ0v) is 20.5. The number of carbonyl (C=O) groups excluding carboxylic acids is 2. The highest BCUT2D eigenvalue weighted by atomic mass is 32.2. The van der Waals surface area contributed by atoms with Gasteiger partial charge in [0.15, 0.2) is 0 Å². The summed E-state index contributed by atoms with van der Waals surface area (Å²) in [6.45, 7) is 6.14. The van der Waals surface area contributed by atoms with Crippen LogP contribution < -0.4 is 10.1 Å². The minimum absolute atomic E-state index is 0.0178. The van der Waals surface area contributed by atoms with Crippen LogP contribution in [-0.4, -0.2) is 93.8 Å². The van der Waals surface area contributed by atoms with E-state index in [0.717, 1.165) is 38.6 Å². The Hall–Kier alpha value is -2.17. The van der Waals surface area contributed by atoms with Crippen molar-refractivity contribution >= 4 is 21.8 Å². The maximum absolute atomic E-state index is 13.4. The molecule has 2 saturated heterocycles. The topological polar surface area (TPSA) is 99.3 Å². The highest BCUT2D eigenvalue weighted by Crippen LogP contribution is 2.30. The lowest BCUT2D eigenvalue weighted by atomic mass is 10.2. The summed E-state index contributed by atoms with van der Waals surface area (Å²) in [6.07, 6.45) is 4.46. The number of likely N-dealkylation sites (N-methyl/N-ethyl adjacent to an activating group) is 1. The molecule has 2 amide bonds. The van der Waals surface area contributed by atoms with E-state index in [2.05, 4.69) is 5.32 Å². The highest BCUT2D eigenvalue weighted by molar-refractivity contribution is 7.89. The predicted octanol–water partition coefficient (Wildman–Crippen LogP) is 1.54. The van der Waals surface area contributed by atoms with Crippen LogP contribution in [0.2, 0.25) is 0 Å². The lowest BCUT2D eigenvalue weighted by Crippen LogP contribution is -2.40. The molecule has 0 atom stereocenters. The van der Waals surface area contributed by atoms with Crippen molar-refractivity contribution in [3.05, 3.63) is 23.8 Å². The predicted molar refractivity (Wildman–Crippen MR) is 126 cm³/mol. The van der Waals surface area contributed by atoms with E-state index < -0.39 is 10.0 Å². The molecular formula is C23H36N4O5S. The van der Waals surface area contributed by atoms with Crippen LogP contribution in [-0.2, 0) is 14.8 Å². The maximum Gasteiger partial charge on any atom is 0.253 e. The first-order valence-electron chi connectivity index (χ1n) is 11.8. The average Bonchev–Trinajstić information content (AvgIpc) is 3.22. The first-order chi connectivity index (χ1) is 15.9. The molecule has 0 unspecified atom stereocenters. The summed E-state index contributed by atoms with van der Waals surface area (Å²) in [6, 6.07) is 4.65. The molecule has 2 heterocycles. The van der Waals surface area contributed by atoms with Crippen molar-refractivity contribution < 1.29 is 22.7 Å². The quantitative estimate of drug-likeness (QED) is 0.636. The van der Waals surface area contributed by atoms with Crippen molar-refractivity contribution in [2.45, 2.75) is 43.9 Å². The fourth-order valence-electron chi connectivity index (χ4n) is 4.40. The van der Waals surface area contributed by atoms with Crippen molar-refractivity contribution in [3.8, 4) is 5.75 Å². The van der Waals surface area contributed by atoms with Crippen LogP contribution in [0.5, 0.6) is 5.75 Å². The average molecular weight is 481 g/mol. The smallest absolute Gasteiger partial charge is 0.253 e. The molecule has 9 nitrogen and oxygen atoms in total. The minimum Gasteiger partial charge on any atom is -0.495 e. The van der Waals surface area contributed by atoms with E-state index in [1.54, 1.807) is 17.0 Å². The molecule has 2 aliphatic heterocycles. The second-order valence-corrected chi connectivity index (χ2v) is 10.5. The fourth-order valence-corrected chi connectivity index (χ4v) is 6.10. The third-order valence-corrected chi connectivity index (χ3v) is 8.13. The Kier molecular flexibility index (Phi) is 9.10. The van der Waals surface area contributed by atoms with E-state index >= 15 is 0 Å². The largest absolute Gasteiger partial charge is 0.495 e. The van der Waals surface area contributed by atoms with Crippen molar-refractivity contribution in [2.75, 3.05) is 59.5 Å². The number of sulfonamides is 1. The monoisotopic (exact) mass is 480 g/mol. The molecule has 2 fully saturated rings. The maximum atomic E-state index is 13.4. The van der Waals surface area contributed by atoms with Crippen LogP contribution in [0, 0.1) is 0 Å². The molecule has 184 valence electrons. The molecule has 3 rings (SSSR count). The second kappa shape index (κ2) is 11.8. The zero-order valence-electron chi connectivity index (χ0n) is 19.7. The van der Waals surface area contributed by atoms with Crippen molar-refractivity contribution in [1.29, 1.82) is 0 Å². The number of hydrogen-bond donors (Lipinski definition) is 1. The third kappa shape index (κ3) is 6.45. The van der Waals surface area contributed by atoms with Gasteiger partial charge in [0.25, 0.3) is 5.91 Å². The van der Waals surface area contributed by atoms with Crippen molar-refractivity contribution in [3.63, 3.8) is 0 Å². The SMILES string of the molecule is CCNC(=O)CN1CCCN(C(=O)c2ccc(OC)c(S(=O)(=O)N3CCCCCC3)c2)CC1. The third-order valence-electron chi connectivity index (χ3n) is 6.21. The lowest BCUT2D eigenvalue weighted by Gasteiger charge is -2.24. The number of methoxy groups -OCH3 is 1. The second-order valence-electron chi connectivity index (χ2n) is 8.56. The van der Waals surface area contributed by atoms with Gasteiger partial charge in [0.1, 0.15) is 10.6 Å². The van der Waals surface area contributed by atoms with Crippen LogP contribution in [0.25, 0.3) is 0 Å². The Morgan fingerprint density at radius 3 is 2.36 bits per heavy atom. The fraction of sp³-hybridized carbons (Fsp3) is 0.652. The van der Waals surface area contributed by atoms with Gasteiger partial charge in [-0.05, 0) is 44.4 Å². The van der Waals surface area contributed by atoms with Gasteiger partial charge in [-0.15, -0.1) is 0 Å². The van der Waals surface area contributed by atoms with Gasteiger partial charge >= 0.3 is 0 Å². The first-order valence-corrected chi connectivity index (χ1v) is 13.3. The van der Waals surface area contributed by atoms with Crippen molar-refractivity contribution in [2.24, 2.45) is 0 Å². The summed E-state index contributed by atoms with van der Waals surface area (Å²) in [5, 5.41) is 2.80. The molecule has 0 spiro atoms. The van der Waals surface area contributed by atoms with Gasteiger partial charge in [0, 0.05) is 51.4 Å². The van der Waals surface area contributed by atoms with Crippen LogP contribution in [0.15, 0.2) is 23.1 Å². The van der Waals surface area contributed by atoms with Crippen LogP contribution in [0.4, 0.5) is 0 Å². The molecule has 1 aromatic carbocycles. The van der Waals surface area contributed by atoms with E-state index in [4.69, 9.17) is 4.74 Å². The standard InChI is InChI=1S/C23H36N4O5S/c1-3-24-22(28)18-25-11-8-12-26(16-15-25)23(29)19-9-10-20(32-2)21(17-19)33(30,31)27-13-6-4-5-7-14-27/h9-10,17H,3-8,11-16,18H2,1-2H3,(H,24,28). The lowest BCUT2D eigenvalue weighted by molar-refractivity contribution is -0.122. The normalized spacial score (nSPS) is 18.9.